The highest BCUT2D eigenvalue weighted by atomic mass is 16.6. The molecule has 1 aromatic heterocycles. The van der Waals surface area contributed by atoms with Crippen LogP contribution in [0.4, 0.5) is 0 Å². The van der Waals surface area contributed by atoms with E-state index < -0.39 is 0 Å². The predicted octanol–water partition coefficient (Wildman–Crippen LogP) is 1.85. The molecule has 1 N–H and O–H groups in total. The number of esters is 1. The zero-order chi connectivity index (χ0) is 28.1. The average Bonchev–Trinajstić information content (AvgIpc) is 3.63. The number of amides is 2. The molecule has 2 aromatic carbocycles. The molecule has 3 aromatic rings. The molecule has 0 radical (unpaired) electrons. The molecular weight excluding hydrogens is 518 g/mol. The SMILES string of the molecule is CC(=O)OCCOCC[n+]1c(CN2C(=O)c3ccccc3C2=O)n(CC2CCCO2)c2cc(OCCO)ccc21. The Morgan fingerprint density at radius 2 is 1.85 bits per heavy atom. The summed E-state index contributed by atoms with van der Waals surface area (Å²) < 4.78 is 26.5. The van der Waals surface area contributed by atoms with E-state index in [0.29, 0.717) is 43.2 Å². The Morgan fingerprint density at radius 1 is 1.07 bits per heavy atom. The van der Waals surface area contributed by atoms with Gasteiger partial charge in [0.1, 0.15) is 38.6 Å². The first kappa shape index (κ1) is 27.8. The van der Waals surface area contributed by atoms with Crippen LogP contribution in [0.2, 0.25) is 0 Å². The molecule has 0 saturated carbocycles. The van der Waals surface area contributed by atoms with Crippen molar-refractivity contribution in [2.75, 3.05) is 39.6 Å². The minimum atomic E-state index is -0.363. The van der Waals surface area contributed by atoms with Crippen LogP contribution in [0.1, 0.15) is 46.3 Å². The van der Waals surface area contributed by atoms with Crippen molar-refractivity contribution in [3.63, 3.8) is 0 Å². The van der Waals surface area contributed by atoms with Crippen molar-refractivity contribution in [3.05, 3.63) is 59.4 Å². The summed E-state index contributed by atoms with van der Waals surface area (Å²) in [5.74, 6) is 0.335. The number of carbonyl (C=O) groups excluding carboxylic acids is 3. The van der Waals surface area contributed by atoms with Crippen LogP contribution in [-0.2, 0) is 38.6 Å². The lowest BCUT2D eigenvalue weighted by Crippen LogP contribution is -2.44. The van der Waals surface area contributed by atoms with Crippen molar-refractivity contribution in [2.45, 2.75) is 45.5 Å². The van der Waals surface area contributed by atoms with E-state index in [-0.39, 0.29) is 56.9 Å². The second-order valence-electron chi connectivity index (χ2n) is 9.73. The van der Waals surface area contributed by atoms with Crippen molar-refractivity contribution in [1.82, 2.24) is 9.47 Å². The van der Waals surface area contributed by atoms with E-state index in [1.165, 1.54) is 11.8 Å². The monoisotopic (exact) mass is 552 g/mol. The van der Waals surface area contributed by atoms with E-state index in [9.17, 15) is 19.5 Å². The quantitative estimate of drug-likeness (QED) is 0.148. The van der Waals surface area contributed by atoms with Crippen LogP contribution < -0.4 is 9.30 Å². The van der Waals surface area contributed by atoms with Gasteiger partial charge in [0.05, 0.1) is 37.1 Å². The number of aromatic nitrogens is 2. The van der Waals surface area contributed by atoms with Gasteiger partial charge in [-0.2, -0.15) is 0 Å². The number of fused-ring (bicyclic) bond motifs is 2. The number of nitrogens with zero attached hydrogens (tertiary/aromatic N) is 3. The van der Waals surface area contributed by atoms with Crippen LogP contribution in [0.15, 0.2) is 42.5 Å². The van der Waals surface area contributed by atoms with Crippen molar-refractivity contribution < 1.29 is 43.0 Å². The predicted molar refractivity (Wildman–Crippen MR) is 142 cm³/mol. The summed E-state index contributed by atoms with van der Waals surface area (Å²) in [6.45, 7) is 3.87. The molecule has 2 aliphatic rings. The molecule has 0 aliphatic carbocycles. The third-order valence-corrected chi connectivity index (χ3v) is 7.09. The molecule has 1 saturated heterocycles. The van der Waals surface area contributed by atoms with Gasteiger partial charge in [0.25, 0.3) is 17.6 Å². The highest BCUT2D eigenvalue weighted by Gasteiger charge is 2.39. The van der Waals surface area contributed by atoms with Gasteiger partial charge in [0, 0.05) is 19.6 Å². The molecule has 1 atom stereocenters. The van der Waals surface area contributed by atoms with Crippen LogP contribution in [0, 0.1) is 0 Å². The third kappa shape index (κ3) is 5.86. The van der Waals surface area contributed by atoms with Crippen LogP contribution >= 0.6 is 0 Å². The maximum Gasteiger partial charge on any atom is 0.302 e. The van der Waals surface area contributed by atoms with Crippen LogP contribution in [0.5, 0.6) is 5.75 Å². The van der Waals surface area contributed by atoms with E-state index in [0.717, 1.165) is 29.7 Å². The van der Waals surface area contributed by atoms with Crippen molar-refractivity contribution in [3.8, 4) is 5.75 Å². The van der Waals surface area contributed by atoms with Gasteiger partial charge in [0.2, 0.25) is 0 Å². The summed E-state index contributed by atoms with van der Waals surface area (Å²) in [6, 6.07) is 12.5. The molecule has 0 bridgehead atoms. The lowest BCUT2D eigenvalue weighted by molar-refractivity contribution is -0.682. The molecule has 11 nitrogen and oxygen atoms in total. The summed E-state index contributed by atoms with van der Waals surface area (Å²) in [5, 5.41) is 9.24. The second kappa shape index (κ2) is 12.6. The molecule has 40 heavy (non-hydrogen) atoms. The number of aliphatic hydroxyl groups is 1. The van der Waals surface area contributed by atoms with Gasteiger partial charge in [-0.05, 0) is 37.1 Å². The maximum atomic E-state index is 13.3. The highest BCUT2D eigenvalue weighted by Crippen LogP contribution is 2.28. The number of imide groups is 1. The van der Waals surface area contributed by atoms with E-state index in [2.05, 4.69) is 9.13 Å². The fourth-order valence-electron chi connectivity index (χ4n) is 5.27. The highest BCUT2D eigenvalue weighted by molar-refractivity contribution is 6.21. The van der Waals surface area contributed by atoms with Crippen molar-refractivity contribution in [1.29, 1.82) is 0 Å². The first-order chi connectivity index (χ1) is 19.5. The van der Waals surface area contributed by atoms with Crippen molar-refractivity contribution >= 4 is 28.8 Å². The number of hydrogen-bond donors (Lipinski definition) is 1. The molecule has 3 heterocycles. The minimum Gasteiger partial charge on any atom is -0.491 e. The maximum absolute atomic E-state index is 13.3. The topological polar surface area (TPSA) is 120 Å². The van der Waals surface area contributed by atoms with Gasteiger partial charge in [-0.15, -0.1) is 0 Å². The van der Waals surface area contributed by atoms with Gasteiger partial charge < -0.3 is 24.1 Å². The molecular formula is C29H34N3O8+. The number of carbonyl (C=O) groups is 3. The largest absolute Gasteiger partial charge is 0.491 e. The summed E-state index contributed by atoms with van der Waals surface area (Å²) >= 11 is 0. The first-order valence-electron chi connectivity index (χ1n) is 13.5. The Hall–Kier alpha value is -3.80. The first-order valence-corrected chi connectivity index (χ1v) is 13.5. The van der Waals surface area contributed by atoms with Crippen molar-refractivity contribution in [2.24, 2.45) is 0 Å². The molecule has 1 fully saturated rings. The molecule has 2 amide bonds. The van der Waals surface area contributed by atoms with Crippen LogP contribution in [-0.4, -0.2) is 78.1 Å². The molecule has 5 rings (SSSR count). The summed E-state index contributed by atoms with van der Waals surface area (Å²) in [5.41, 5.74) is 2.53. The summed E-state index contributed by atoms with van der Waals surface area (Å²) in [4.78, 5) is 38.9. The Labute approximate surface area is 231 Å². The van der Waals surface area contributed by atoms with Crippen LogP contribution in [0.25, 0.3) is 11.0 Å². The number of aliphatic hydroxyl groups excluding tert-OH is 1. The standard InChI is InChI=1S/C29H34N3O8/c1-20(34)38-16-15-37-13-10-30-25-9-8-21(40-14-11-33)17-26(25)31(18-22-5-4-12-39-22)27(30)19-32-28(35)23-6-2-3-7-24(23)29(32)36/h2-3,6-9,17,22,33H,4-5,10-16,18-19H2,1H3/q+1. The van der Waals surface area contributed by atoms with Gasteiger partial charge in [-0.3, -0.25) is 19.3 Å². The normalized spacial score (nSPS) is 16.6. The van der Waals surface area contributed by atoms with Crippen LogP contribution in [0.3, 0.4) is 0 Å². The fourth-order valence-corrected chi connectivity index (χ4v) is 5.27. The number of hydrogen-bond acceptors (Lipinski definition) is 8. The Kier molecular flexibility index (Phi) is 8.73. The molecule has 0 spiro atoms. The third-order valence-electron chi connectivity index (χ3n) is 7.09. The Bertz CT molecular complexity index is 1360. The number of ether oxygens (including phenoxy) is 4. The molecule has 2 aliphatic heterocycles. The number of benzene rings is 2. The van der Waals surface area contributed by atoms with Gasteiger partial charge in [-0.1, -0.05) is 12.1 Å². The van der Waals surface area contributed by atoms with E-state index >= 15 is 0 Å². The van der Waals surface area contributed by atoms with E-state index in [1.807, 2.05) is 18.2 Å². The summed E-state index contributed by atoms with van der Waals surface area (Å²) in [7, 11) is 0. The van der Waals surface area contributed by atoms with Gasteiger partial charge >= 0.3 is 5.97 Å². The number of rotatable bonds is 13. The lowest BCUT2D eigenvalue weighted by atomic mass is 10.1. The lowest BCUT2D eigenvalue weighted by Gasteiger charge is -2.15. The molecule has 11 heteroatoms. The van der Waals surface area contributed by atoms with Gasteiger partial charge in [0.15, 0.2) is 11.0 Å². The summed E-state index contributed by atoms with van der Waals surface area (Å²) in [6.07, 6.45) is 1.87. The second-order valence-corrected chi connectivity index (χ2v) is 9.73. The van der Waals surface area contributed by atoms with E-state index in [1.54, 1.807) is 24.3 Å². The smallest absolute Gasteiger partial charge is 0.302 e. The zero-order valence-corrected chi connectivity index (χ0v) is 22.5. The Morgan fingerprint density at radius 3 is 2.52 bits per heavy atom. The number of imidazole rings is 1. The fraction of sp³-hybridized carbons (Fsp3) is 0.448. The van der Waals surface area contributed by atoms with E-state index in [4.69, 9.17) is 18.9 Å². The molecule has 1 unspecified atom stereocenters. The van der Waals surface area contributed by atoms with Gasteiger partial charge in [-0.25, -0.2) is 9.13 Å². The molecule has 212 valence electrons. The zero-order valence-electron chi connectivity index (χ0n) is 22.5. The minimum absolute atomic E-state index is 0.00743. The average molecular weight is 553 g/mol. The Balaban J connectivity index is 1.51.